The number of pyridine rings is 3. The van der Waals surface area contributed by atoms with Crippen molar-refractivity contribution in [3.8, 4) is 56.0 Å². The van der Waals surface area contributed by atoms with E-state index in [-0.39, 0.29) is 0 Å². The molecule has 5 heterocycles. The Morgan fingerprint density at radius 2 is 1.17 bits per heavy atom. The van der Waals surface area contributed by atoms with Crippen LogP contribution in [0.4, 0.5) is 0 Å². The topological polar surface area (TPSA) is 51.0 Å². The summed E-state index contributed by atoms with van der Waals surface area (Å²) in [7, 11) is 0. The van der Waals surface area contributed by atoms with Crippen molar-refractivity contribution in [3.05, 3.63) is 176 Å². The van der Waals surface area contributed by atoms with Gasteiger partial charge in [0, 0.05) is 43.5 Å². The van der Waals surface area contributed by atoms with Gasteiger partial charge >= 0.3 is 0 Å². The second kappa shape index (κ2) is 13.2. The fourth-order valence-electron chi connectivity index (χ4n) is 7.34. The molecule has 0 aliphatic carbocycles. The molecule has 1 aliphatic rings. The van der Waals surface area contributed by atoms with E-state index in [0.29, 0.717) is 0 Å². The van der Waals surface area contributed by atoms with E-state index in [1.165, 1.54) is 42.2 Å². The minimum Gasteiger partial charge on any atom is -0.259 e. The lowest BCUT2D eigenvalue weighted by atomic mass is 9.96. The fourth-order valence-corrected chi connectivity index (χ4v) is 8.58. The van der Waals surface area contributed by atoms with Crippen LogP contribution in [0.5, 0.6) is 0 Å². The van der Waals surface area contributed by atoms with E-state index in [9.17, 15) is 0 Å². The van der Waals surface area contributed by atoms with Crippen LogP contribution in [0, 0.1) is 0 Å². The molecule has 9 aromatic rings. The standard InChI is InChI=1S/C48H32N4S/c1-2-10-35(11-3-1)47-46-39-12-4-5-15-45(39)53-48(46)38-25-24-36(28-42(38)52-47)33-20-16-31(17-21-33)32-18-22-34(23-19-32)37-29-43(40-13-6-8-26-49-40)51-44(30-37)41-14-7-9-27-50-41/h1-6,8-13,15-30H,7,14H2. The second-order valence-corrected chi connectivity index (χ2v) is 14.4. The number of hydrogen-bond acceptors (Lipinski definition) is 5. The lowest BCUT2D eigenvalue weighted by Crippen LogP contribution is -2.06. The molecule has 53 heavy (non-hydrogen) atoms. The summed E-state index contributed by atoms with van der Waals surface area (Å²) in [5, 5.41) is 3.69. The van der Waals surface area contributed by atoms with Gasteiger partial charge in [-0.05, 0) is 82.6 Å². The van der Waals surface area contributed by atoms with Crippen molar-refractivity contribution in [2.45, 2.75) is 12.8 Å². The van der Waals surface area contributed by atoms with E-state index < -0.39 is 0 Å². The summed E-state index contributed by atoms with van der Waals surface area (Å²) in [4.78, 5) is 19.5. The minimum absolute atomic E-state index is 0.850. The molecule has 0 fully saturated rings. The predicted octanol–water partition coefficient (Wildman–Crippen LogP) is 12.8. The molecule has 0 bridgehead atoms. The molecule has 10 rings (SSSR count). The predicted molar refractivity (Wildman–Crippen MR) is 222 cm³/mol. The normalized spacial score (nSPS) is 12.8. The Morgan fingerprint density at radius 3 is 1.91 bits per heavy atom. The number of rotatable bonds is 6. The number of aliphatic imine (C=N–C) groups is 1. The Balaban J connectivity index is 0.978. The molecule has 0 saturated carbocycles. The first-order valence-corrected chi connectivity index (χ1v) is 18.7. The van der Waals surface area contributed by atoms with Crippen molar-refractivity contribution >= 4 is 48.1 Å². The molecule has 0 saturated heterocycles. The largest absolute Gasteiger partial charge is 0.259 e. The van der Waals surface area contributed by atoms with Crippen LogP contribution in [0.2, 0.25) is 0 Å². The van der Waals surface area contributed by atoms with Crippen molar-refractivity contribution in [1.82, 2.24) is 15.0 Å². The summed E-state index contributed by atoms with van der Waals surface area (Å²) >= 11 is 1.85. The van der Waals surface area contributed by atoms with Gasteiger partial charge in [0.1, 0.15) is 0 Å². The molecular weight excluding hydrogens is 665 g/mol. The van der Waals surface area contributed by atoms with E-state index in [2.05, 4.69) is 150 Å². The summed E-state index contributed by atoms with van der Waals surface area (Å²) in [6.07, 6.45) is 7.65. The number of thiophene rings is 1. The van der Waals surface area contributed by atoms with E-state index >= 15 is 0 Å². The Bertz CT molecular complexity index is 2850. The van der Waals surface area contributed by atoms with Crippen LogP contribution in [-0.2, 0) is 0 Å². The fraction of sp³-hybridized carbons (Fsp3) is 0.0417. The SMILES string of the molecule is C1=CN=C(c2cc(-c3ccc(-c4ccc(-c5ccc6c(c5)nc(-c5ccccc5)c5c7ccccc7sc65)cc4)cc3)cc(-c3ccccn3)n2)CC1. The Morgan fingerprint density at radius 1 is 0.491 bits per heavy atom. The maximum Gasteiger partial charge on any atom is 0.0900 e. The maximum absolute atomic E-state index is 5.32. The molecule has 0 atom stereocenters. The molecule has 1 aliphatic heterocycles. The van der Waals surface area contributed by atoms with Crippen LogP contribution in [0.3, 0.4) is 0 Å². The van der Waals surface area contributed by atoms with Crippen LogP contribution < -0.4 is 0 Å². The van der Waals surface area contributed by atoms with Crippen molar-refractivity contribution in [3.63, 3.8) is 0 Å². The molecule has 0 amide bonds. The van der Waals surface area contributed by atoms with E-state index in [4.69, 9.17) is 9.97 Å². The summed E-state index contributed by atoms with van der Waals surface area (Å²) in [6, 6.07) is 53.8. The molecule has 5 aromatic carbocycles. The van der Waals surface area contributed by atoms with E-state index in [0.717, 1.165) is 69.1 Å². The Labute approximate surface area is 311 Å². The van der Waals surface area contributed by atoms with Crippen LogP contribution in [0.15, 0.2) is 175 Å². The summed E-state index contributed by atoms with van der Waals surface area (Å²) in [5.41, 5.74) is 13.7. The van der Waals surface area contributed by atoms with Gasteiger partial charge in [-0.2, -0.15) is 0 Å². The monoisotopic (exact) mass is 696 g/mol. The van der Waals surface area contributed by atoms with Crippen LogP contribution in [0.1, 0.15) is 18.5 Å². The van der Waals surface area contributed by atoms with Crippen LogP contribution >= 0.6 is 11.3 Å². The first kappa shape index (κ1) is 31.2. The summed E-state index contributed by atoms with van der Waals surface area (Å²) in [6.45, 7) is 0. The van der Waals surface area contributed by atoms with Gasteiger partial charge in [-0.1, -0.05) is 121 Å². The molecular formula is C48H32N4S. The number of aromatic nitrogens is 3. The average Bonchev–Trinajstić information content (AvgIpc) is 3.64. The van der Waals surface area contributed by atoms with Gasteiger partial charge in [-0.3, -0.25) is 9.98 Å². The van der Waals surface area contributed by atoms with Gasteiger partial charge in [0.2, 0.25) is 0 Å². The Hall–Kier alpha value is -6.56. The average molecular weight is 697 g/mol. The van der Waals surface area contributed by atoms with Gasteiger partial charge in [0.05, 0.1) is 34.0 Å². The zero-order valence-corrected chi connectivity index (χ0v) is 29.6. The van der Waals surface area contributed by atoms with Crippen molar-refractivity contribution in [1.29, 1.82) is 0 Å². The summed E-state index contributed by atoms with van der Waals surface area (Å²) in [5.74, 6) is 0. The zero-order chi connectivity index (χ0) is 35.1. The third-order valence-corrected chi connectivity index (χ3v) is 11.3. The smallest absolute Gasteiger partial charge is 0.0900 e. The van der Waals surface area contributed by atoms with Crippen molar-refractivity contribution < 1.29 is 0 Å². The Kier molecular flexibility index (Phi) is 7.77. The summed E-state index contributed by atoms with van der Waals surface area (Å²) < 4.78 is 2.57. The second-order valence-electron chi connectivity index (χ2n) is 13.4. The zero-order valence-electron chi connectivity index (χ0n) is 28.8. The number of benzene rings is 5. The molecule has 0 unspecified atom stereocenters. The van der Waals surface area contributed by atoms with Gasteiger partial charge in [0.25, 0.3) is 0 Å². The van der Waals surface area contributed by atoms with Crippen LogP contribution in [-0.4, -0.2) is 20.7 Å². The highest BCUT2D eigenvalue weighted by Crippen LogP contribution is 2.43. The number of nitrogens with zero attached hydrogens (tertiary/aromatic N) is 4. The highest BCUT2D eigenvalue weighted by atomic mass is 32.1. The minimum atomic E-state index is 0.850. The quantitative estimate of drug-likeness (QED) is 0.174. The first-order valence-electron chi connectivity index (χ1n) is 17.9. The van der Waals surface area contributed by atoms with Gasteiger partial charge in [0.15, 0.2) is 0 Å². The van der Waals surface area contributed by atoms with Gasteiger partial charge < -0.3 is 0 Å². The molecule has 5 heteroatoms. The lowest BCUT2D eigenvalue weighted by Gasteiger charge is -2.13. The van der Waals surface area contributed by atoms with Crippen molar-refractivity contribution in [2.24, 2.45) is 4.99 Å². The molecule has 250 valence electrons. The highest BCUT2D eigenvalue weighted by Gasteiger charge is 2.17. The molecule has 0 N–H and O–H groups in total. The number of allylic oxidation sites excluding steroid dienone is 1. The molecule has 0 spiro atoms. The van der Waals surface area contributed by atoms with Crippen molar-refractivity contribution in [2.75, 3.05) is 0 Å². The number of hydrogen-bond donors (Lipinski definition) is 0. The third-order valence-electron chi connectivity index (χ3n) is 10.1. The molecule has 0 radical (unpaired) electrons. The highest BCUT2D eigenvalue weighted by molar-refractivity contribution is 7.26. The lowest BCUT2D eigenvalue weighted by molar-refractivity contribution is 1.05. The van der Waals surface area contributed by atoms with Gasteiger partial charge in [-0.25, -0.2) is 9.97 Å². The first-order chi connectivity index (χ1) is 26.2. The van der Waals surface area contributed by atoms with Gasteiger partial charge in [-0.15, -0.1) is 11.3 Å². The molecule has 4 nitrogen and oxygen atoms in total. The van der Waals surface area contributed by atoms with Crippen LogP contribution in [0.25, 0.3) is 87.1 Å². The maximum atomic E-state index is 5.32. The third kappa shape index (κ3) is 5.81. The molecule has 4 aromatic heterocycles. The van der Waals surface area contributed by atoms with E-state index in [1.807, 2.05) is 41.9 Å². The number of fused-ring (bicyclic) bond motifs is 5. The van der Waals surface area contributed by atoms with E-state index in [1.54, 1.807) is 0 Å².